The molecule has 2 aliphatic heterocycles. The van der Waals surface area contributed by atoms with E-state index in [4.69, 9.17) is 20.3 Å². The smallest absolute Gasteiger partial charge is 0.166 e. The lowest BCUT2D eigenvalue weighted by molar-refractivity contribution is -0.0714. The van der Waals surface area contributed by atoms with Crippen molar-refractivity contribution in [2.45, 2.75) is 44.7 Å². The van der Waals surface area contributed by atoms with Crippen LogP contribution in [0.2, 0.25) is 0 Å². The summed E-state index contributed by atoms with van der Waals surface area (Å²) in [7, 11) is 1.61. The summed E-state index contributed by atoms with van der Waals surface area (Å²) < 4.78 is 12.8. The van der Waals surface area contributed by atoms with Gasteiger partial charge in [0.1, 0.15) is 0 Å². The number of methoxy groups -OCH3 is 1. The Balaban J connectivity index is 1.58. The molecular weight excluding hydrogens is 342 g/mol. The highest BCUT2D eigenvalue weighted by atomic mass is 16.5. The number of nitrogens with two attached hydrogens (primary N) is 1. The van der Waals surface area contributed by atoms with Gasteiger partial charge in [0.2, 0.25) is 0 Å². The van der Waals surface area contributed by atoms with Gasteiger partial charge in [-0.25, -0.2) is 4.98 Å². The van der Waals surface area contributed by atoms with Crippen molar-refractivity contribution in [1.82, 2.24) is 19.7 Å². The largest absolute Gasteiger partial charge is 0.493 e. The molecule has 0 aromatic carbocycles. The molecule has 0 spiro atoms. The van der Waals surface area contributed by atoms with Crippen LogP contribution in [-0.4, -0.2) is 59.1 Å². The van der Waals surface area contributed by atoms with Crippen molar-refractivity contribution in [1.29, 1.82) is 0 Å². The number of nitrogens with zero attached hydrogens (tertiary/aromatic N) is 4. The minimum absolute atomic E-state index is 0.315. The van der Waals surface area contributed by atoms with Crippen molar-refractivity contribution < 1.29 is 9.47 Å². The highest BCUT2D eigenvalue weighted by Gasteiger charge is 2.31. The van der Waals surface area contributed by atoms with Crippen molar-refractivity contribution in [3.63, 3.8) is 0 Å². The molecule has 2 aromatic heterocycles. The SMILES string of the molecule is COc1cc(-c2cc(C3CCN(C4COC4)CC3)n(C(C)C)n2)cnc1N. The summed E-state index contributed by atoms with van der Waals surface area (Å²) in [5.41, 5.74) is 9.04. The van der Waals surface area contributed by atoms with E-state index in [1.165, 1.54) is 5.69 Å². The van der Waals surface area contributed by atoms with E-state index < -0.39 is 0 Å². The van der Waals surface area contributed by atoms with Gasteiger partial charge in [-0.2, -0.15) is 5.10 Å². The number of likely N-dealkylation sites (tertiary alicyclic amines) is 1. The first-order valence-electron chi connectivity index (χ1n) is 9.78. The van der Waals surface area contributed by atoms with Crippen molar-refractivity contribution in [2.24, 2.45) is 0 Å². The van der Waals surface area contributed by atoms with Gasteiger partial charge in [0.05, 0.1) is 32.1 Å². The van der Waals surface area contributed by atoms with Gasteiger partial charge in [0.25, 0.3) is 0 Å². The topological polar surface area (TPSA) is 78.4 Å². The number of aromatic nitrogens is 3. The third-order valence-corrected chi connectivity index (χ3v) is 5.74. The van der Waals surface area contributed by atoms with Crippen LogP contribution in [0.3, 0.4) is 0 Å². The maximum absolute atomic E-state index is 5.86. The summed E-state index contributed by atoms with van der Waals surface area (Å²) in [4.78, 5) is 6.83. The van der Waals surface area contributed by atoms with Crippen LogP contribution in [0, 0.1) is 0 Å². The van der Waals surface area contributed by atoms with E-state index >= 15 is 0 Å². The third-order valence-electron chi connectivity index (χ3n) is 5.74. The van der Waals surface area contributed by atoms with E-state index in [0.29, 0.717) is 29.6 Å². The van der Waals surface area contributed by atoms with Gasteiger partial charge >= 0.3 is 0 Å². The normalized spacial score (nSPS) is 19.4. The molecule has 4 rings (SSSR count). The van der Waals surface area contributed by atoms with Crippen molar-refractivity contribution in [2.75, 3.05) is 39.1 Å². The van der Waals surface area contributed by atoms with Gasteiger partial charge in [-0.3, -0.25) is 9.58 Å². The summed E-state index contributed by atoms with van der Waals surface area (Å²) >= 11 is 0. The van der Waals surface area contributed by atoms with Crippen LogP contribution in [0.1, 0.15) is 44.3 Å². The van der Waals surface area contributed by atoms with Crippen LogP contribution >= 0.6 is 0 Å². The molecular formula is C20H29N5O2. The monoisotopic (exact) mass is 371 g/mol. The molecule has 2 N–H and O–H groups in total. The molecule has 0 amide bonds. The Hall–Kier alpha value is -2.12. The van der Waals surface area contributed by atoms with Crippen LogP contribution in [-0.2, 0) is 4.74 Å². The molecule has 0 saturated carbocycles. The Morgan fingerprint density at radius 3 is 2.56 bits per heavy atom. The number of nitrogen functional groups attached to an aromatic ring is 1. The first-order valence-corrected chi connectivity index (χ1v) is 9.78. The number of pyridine rings is 1. The lowest BCUT2D eigenvalue weighted by atomic mass is 9.91. The molecule has 4 heterocycles. The van der Waals surface area contributed by atoms with Gasteiger partial charge < -0.3 is 15.2 Å². The number of rotatable bonds is 5. The molecule has 7 heteroatoms. The van der Waals surface area contributed by atoms with E-state index in [-0.39, 0.29) is 0 Å². The predicted molar refractivity (Wildman–Crippen MR) is 105 cm³/mol. The lowest BCUT2D eigenvalue weighted by Gasteiger charge is -2.41. The second kappa shape index (κ2) is 7.48. The zero-order valence-corrected chi connectivity index (χ0v) is 16.4. The van der Waals surface area contributed by atoms with Crippen LogP contribution in [0.4, 0.5) is 5.82 Å². The summed E-state index contributed by atoms with van der Waals surface area (Å²) in [6, 6.07) is 5.08. The average molecular weight is 371 g/mol. The molecule has 146 valence electrons. The maximum Gasteiger partial charge on any atom is 0.166 e. The maximum atomic E-state index is 5.86. The first kappa shape index (κ1) is 18.3. The summed E-state index contributed by atoms with van der Waals surface area (Å²) in [6.07, 6.45) is 4.10. The van der Waals surface area contributed by atoms with Crippen molar-refractivity contribution in [3.8, 4) is 17.0 Å². The Morgan fingerprint density at radius 1 is 1.22 bits per heavy atom. The Labute approximate surface area is 160 Å². The molecule has 0 unspecified atom stereocenters. The molecule has 0 bridgehead atoms. The number of ether oxygens (including phenoxy) is 2. The van der Waals surface area contributed by atoms with Gasteiger partial charge in [-0.05, 0) is 51.9 Å². The van der Waals surface area contributed by atoms with Crippen LogP contribution in [0.15, 0.2) is 18.3 Å². The number of hydrogen-bond acceptors (Lipinski definition) is 6. The van der Waals surface area contributed by atoms with E-state index in [9.17, 15) is 0 Å². The highest BCUT2D eigenvalue weighted by molar-refractivity contribution is 5.64. The summed E-state index contributed by atoms with van der Waals surface area (Å²) in [5.74, 6) is 1.52. The molecule has 2 saturated heterocycles. The minimum Gasteiger partial charge on any atom is -0.493 e. The molecule has 0 aliphatic carbocycles. The molecule has 2 fully saturated rings. The van der Waals surface area contributed by atoms with Crippen LogP contribution in [0.25, 0.3) is 11.3 Å². The third kappa shape index (κ3) is 3.53. The predicted octanol–water partition coefficient (Wildman–Crippen LogP) is 2.70. The molecule has 2 aromatic rings. The zero-order valence-electron chi connectivity index (χ0n) is 16.4. The molecule has 2 aliphatic rings. The van der Waals surface area contributed by atoms with Crippen LogP contribution in [0.5, 0.6) is 5.75 Å². The Bertz CT molecular complexity index is 792. The molecule has 27 heavy (non-hydrogen) atoms. The van der Waals surface area contributed by atoms with Gasteiger partial charge in [-0.1, -0.05) is 0 Å². The lowest BCUT2D eigenvalue weighted by Crippen LogP contribution is -2.51. The quantitative estimate of drug-likeness (QED) is 0.871. The van der Waals surface area contributed by atoms with Crippen molar-refractivity contribution in [3.05, 3.63) is 24.0 Å². The van der Waals surface area contributed by atoms with E-state index in [0.717, 1.165) is 50.4 Å². The Kier molecular flexibility index (Phi) is 5.06. The fourth-order valence-corrected chi connectivity index (χ4v) is 4.02. The van der Waals surface area contributed by atoms with Gasteiger partial charge in [-0.15, -0.1) is 0 Å². The number of anilines is 1. The summed E-state index contributed by atoms with van der Waals surface area (Å²) in [5, 5.41) is 4.89. The fourth-order valence-electron chi connectivity index (χ4n) is 4.02. The number of piperidine rings is 1. The molecule has 7 nitrogen and oxygen atoms in total. The minimum atomic E-state index is 0.315. The standard InChI is InChI=1S/C20H29N5O2/c1-13(2)25-18(14-4-6-24(7-5-14)16-11-27-12-16)9-17(23-25)15-8-19(26-3)20(21)22-10-15/h8-10,13-14,16H,4-7,11-12H2,1-3H3,(H2,21,22). The zero-order chi connectivity index (χ0) is 19.0. The van der Waals surface area contributed by atoms with E-state index in [1.807, 2.05) is 6.07 Å². The second-order valence-electron chi connectivity index (χ2n) is 7.81. The summed E-state index contributed by atoms with van der Waals surface area (Å²) in [6.45, 7) is 8.42. The number of hydrogen-bond donors (Lipinski definition) is 1. The average Bonchev–Trinajstić information content (AvgIpc) is 3.07. The molecule has 0 radical (unpaired) electrons. The van der Waals surface area contributed by atoms with E-state index in [2.05, 4.69) is 34.5 Å². The highest BCUT2D eigenvalue weighted by Crippen LogP contribution is 2.34. The van der Waals surface area contributed by atoms with E-state index in [1.54, 1.807) is 13.3 Å². The van der Waals surface area contributed by atoms with Crippen molar-refractivity contribution >= 4 is 5.82 Å². The molecule has 0 atom stereocenters. The Morgan fingerprint density at radius 2 is 1.96 bits per heavy atom. The van der Waals surface area contributed by atoms with Gasteiger partial charge in [0, 0.05) is 29.4 Å². The fraction of sp³-hybridized carbons (Fsp3) is 0.600. The second-order valence-corrected chi connectivity index (χ2v) is 7.81. The first-order chi connectivity index (χ1) is 13.1. The van der Waals surface area contributed by atoms with Crippen LogP contribution < -0.4 is 10.5 Å². The van der Waals surface area contributed by atoms with Gasteiger partial charge in [0.15, 0.2) is 11.6 Å².